The number of aromatic nitrogens is 2. The number of aromatic hydroxyl groups is 1. The molecule has 0 aliphatic heterocycles. The number of aromatic amines is 1. The Morgan fingerprint density at radius 1 is 1.50 bits per heavy atom. The highest BCUT2D eigenvalue weighted by Gasteiger charge is 2.13. The molecule has 0 bridgehead atoms. The van der Waals surface area contributed by atoms with Crippen LogP contribution in [0.1, 0.15) is 28.4 Å². The van der Waals surface area contributed by atoms with Crippen molar-refractivity contribution in [3.63, 3.8) is 0 Å². The molecule has 3 N–H and O–H groups in total. The number of hydrogen-bond acceptors (Lipinski definition) is 3. The van der Waals surface area contributed by atoms with Crippen LogP contribution >= 0.6 is 0 Å². The van der Waals surface area contributed by atoms with Crippen LogP contribution in [0.2, 0.25) is 0 Å². The van der Waals surface area contributed by atoms with E-state index in [0.717, 1.165) is 12.0 Å². The van der Waals surface area contributed by atoms with Gasteiger partial charge in [0.25, 0.3) is 5.91 Å². The maximum Gasteiger partial charge on any atom is 0.257 e. The smallest absolute Gasteiger partial charge is 0.257 e. The van der Waals surface area contributed by atoms with Crippen molar-refractivity contribution in [2.45, 2.75) is 20.3 Å². The Hall–Kier alpha value is -2.30. The average molecular weight is 245 g/mol. The summed E-state index contributed by atoms with van der Waals surface area (Å²) < 4.78 is 0. The lowest BCUT2D eigenvalue weighted by Crippen LogP contribution is -2.14. The van der Waals surface area contributed by atoms with E-state index < -0.39 is 0 Å². The molecule has 5 heteroatoms. The van der Waals surface area contributed by atoms with Crippen LogP contribution in [-0.2, 0) is 6.42 Å². The summed E-state index contributed by atoms with van der Waals surface area (Å²) in [6, 6.07) is 4.87. The van der Waals surface area contributed by atoms with Gasteiger partial charge in [-0.15, -0.1) is 0 Å². The Balaban J connectivity index is 2.25. The Bertz CT molecular complexity index is 575. The van der Waals surface area contributed by atoms with Gasteiger partial charge in [-0.1, -0.05) is 13.0 Å². The van der Waals surface area contributed by atoms with Gasteiger partial charge < -0.3 is 10.4 Å². The summed E-state index contributed by atoms with van der Waals surface area (Å²) in [5.41, 5.74) is 1.96. The number of nitrogens with zero attached hydrogens (tertiary/aromatic N) is 1. The Labute approximate surface area is 105 Å². The fourth-order valence-electron chi connectivity index (χ4n) is 1.74. The summed E-state index contributed by atoms with van der Waals surface area (Å²) in [6.45, 7) is 3.69. The fraction of sp³-hybridized carbons (Fsp3) is 0.231. The predicted octanol–water partition coefficient (Wildman–Crippen LogP) is 2.24. The number of nitrogens with one attached hydrogen (secondary N) is 2. The van der Waals surface area contributed by atoms with Crippen molar-refractivity contribution in [3.05, 3.63) is 41.1 Å². The van der Waals surface area contributed by atoms with E-state index in [9.17, 15) is 9.90 Å². The molecule has 0 fully saturated rings. The lowest BCUT2D eigenvalue weighted by Gasteiger charge is -2.08. The van der Waals surface area contributed by atoms with Crippen LogP contribution in [0.15, 0.2) is 24.4 Å². The first-order valence-electron chi connectivity index (χ1n) is 5.75. The van der Waals surface area contributed by atoms with Crippen LogP contribution < -0.4 is 5.32 Å². The maximum absolute atomic E-state index is 12.1. The third-order valence-electron chi connectivity index (χ3n) is 2.89. The van der Waals surface area contributed by atoms with Crippen molar-refractivity contribution in [2.75, 3.05) is 5.32 Å². The third-order valence-corrected chi connectivity index (χ3v) is 2.89. The first-order valence-corrected chi connectivity index (χ1v) is 5.75. The molecule has 0 radical (unpaired) electrons. The lowest BCUT2D eigenvalue weighted by atomic mass is 10.1. The largest absolute Gasteiger partial charge is 0.508 e. The highest BCUT2D eigenvalue weighted by molar-refractivity contribution is 6.05. The normalized spacial score (nSPS) is 10.3. The minimum atomic E-state index is -0.262. The number of aryl methyl sites for hydroxylation is 1. The van der Waals surface area contributed by atoms with Gasteiger partial charge in [-0.05, 0) is 25.5 Å². The van der Waals surface area contributed by atoms with Crippen molar-refractivity contribution in [2.24, 2.45) is 0 Å². The first-order chi connectivity index (χ1) is 8.63. The van der Waals surface area contributed by atoms with Crippen LogP contribution in [0.5, 0.6) is 5.75 Å². The number of carbonyl (C=O) groups is 1. The van der Waals surface area contributed by atoms with Gasteiger partial charge in [0.05, 0.1) is 6.20 Å². The van der Waals surface area contributed by atoms with Crippen LogP contribution in [0.3, 0.4) is 0 Å². The molecule has 0 spiro atoms. The Kier molecular flexibility index (Phi) is 3.32. The molecule has 5 nitrogen and oxygen atoms in total. The number of H-pyrrole nitrogens is 1. The second kappa shape index (κ2) is 4.91. The highest BCUT2D eigenvalue weighted by atomic mass is 16.3. The van der Waals surface area contributed by atoms with E-state index in [0.29, 0.717) is 16.9 Å². The van der Waals surface area contributed by atoms with E-state index in [1.54, 1.807) is 31.3 Å². The Morgan fingerprint density at radius 2 is 2.28 bits per heavy atom. The number of hydrogen-bond donors (Lipinski definition) is 3. The van der Waals surface area contributed by atoms with Gasteiger partial charge in [-0.2, -0.15) is 5.10 Å². The molecule has 0 aliphatic carbocycles. The zero-order chi connectivity index (χ0) is 13.1. The minimum Gasteiger partial charge on any atom is -0.508 e. The predicted molar refractivity (Wildman–Crippen MR) is 68.8 cm³/mol. The number of benzene rings is 1. The minimum absolute atomic E-state index is 0.114. The molecule has 0 aliphatic rings. The van der Waals surface area contributed by atoms with Gasteiger partial charge in [0.2, 0.25) is 0 Å². The molecule has 2 rings (SSSR count). The zero-order valence-corrected chi connectivity index (χ0v) is 10.3. The van der Waals surface area contributed by atoms with Crippen molar-refractivity contribution in [1.29, 1.82) is 0 Å². The molecule has 2 aromatic rings. The Morgan fingerprint density at radius 3 is 3.00 bits per heavy atom. The van der Waals surface area contributed by atoms with E-state index in [1.165, 1.54) is 0 Å². The molecule has 0 saturated heterocycles. The summed E-state index contributed by atoms with van der Waals surface area (Å²) >= 11 is 0. The summed E-state index contributed by atoms with van der Waals surface area (Å²) in [7, 11) is 0. The second-order valence-corrected chi connectivity index (χ2v) is 4.03. The van der Waals surface area contributed by atoms with Crippen molar-refractivity contribution in [3.8, 4) is 5.75 Å². The molecule has 0 atom stereocenters. The monoisotopic (exact) mass is 245 g/mol. The van der Waals surface area contributed by atoms with Gasteiger partial charge in [0.15, 0.2) is 0 Å². The van der Waals surface area contributed by atoms with E-state index >= 15 is 0 Å². The van der Waals surface area contributed by atoms with E-state index in [4.69, 9.17) is 0 Å². The SMILES string of the molecule is CCc1cn[nH]c1NC(=O)c1cccc(O)c1C. The number of phenolic OH excluding ortho intramolecular Hbond substituents is 1. The van der Waals surface area contributed by atoms with Crippen LogP contribution in [0, 0.1) is 6.92 Å². The number of anilines is 1. The standard InChI is InChI=1S/C13H15N3O2/c1-3-9-7-14-16-12(9)15-13(18)10-5-4-6-11(17)8(10)2/h4-7,17H,3H2,1-2H3,(H2,14,15,16,18). The molecule has 1 aromatic heterocycles. The van der Waals surface area contributed by atoms with Crippen molar-refractivity contribution < 1.29 is 9.90 Å². The van der Waals surface area contributed by atoms with E-state index in [2.05, 4.69) is 15.5 Å². The van der Waals surface area contributed by atoms with Gasteiger partial charge in [-0.25, -0.2) is 0 Å². The zero-order valence-electron chi connectivity index (χ0n) is 10.3. The lowest BCUT2D eigenvalue weighted by molar-refractivity contribution is 0.102. The first kappa shape index (κ1) is 12.2. The third kappa shape index (κ3) is 2.20. The van der Waals surface area contributed by atoms with Gasteiger partial charge >= 0.3 is 0 Å². The molecule has 1 aromatic carbocycles. The molecule has 94 valence electrons. The molecule has 0 saturated carbocycles. The summed E-state index contributed by atoms with van der Waals surface area (Å²) in [6.07, 6.45) is 2.47. The summed E-state index contributed by atoms with van der Waals surface area (Å²) in [5.74, 6) is 0.454. The second-order valence-electron chi connectivity index (χ2n) is 4.03. The molecular formula is C13H15N3O2. The number of carbonyl (C=O) groups excluding carboxylic acids is 1. The summed E-state index contributed by atoms with van der Waals surface area (Å²) in [5, 5.41) is 19.0. The topological polar surface area (TPSA) is 78.0 Å². The molecule has 18 heavy (non-hydrogen) atoms. The van der Waals surface area contributed by atoms with Crippen LogP contribution in [0.25, 0.3) is 0 Å². The van der Waals surface area contributed by atoms with Crippen molar-refractivity contribution >= 4 is 11.7 Å². The number of rotatable bonds is 3. The maximum atomic E-state index is 12.1. The van der Waals surface area contributed by atoms with Crippen LogP contribution in [-0.4, -0.2) is 21.2 Å². The number of amides is 1. The molecule has 1 heterocycles. The van der Waals surface area contributed by atoms with E-state index in [1.807, 2.05) is 6.92 Å². The average Bonchev–Trinajstić information content (AvgIpc) is 2.79. The highest BCUT2D eigenvalue weighted by Crippen LogP contribution is 2.21. The summed E-state index contributed by atoms with van der Waals surface area (Å²) in [4.78, 5) is 12.1. The van der Waals surface area contributed by atoms with Gasteiger partial charge in [-0.3, -0.25) is 9.89 Å². The molecular weight excluding hydrogens is 230 g/mol. The van der Waals surface area contributed by atoms with Crippen molar-refractivity contribution in [1.82, 2.24) is 10.2 Å². The van der Waals surface area contributed by atoms with Gasteiger partial charge in [0, 0.05) is 16.7 Å². The van der Waals surface area contributed by atoms with E-state index in [-0.39, 0.29) is 11.7 Å². The van der Waals surface area contributed by atoms with Crippen LogP contribution in [0.4, 0.5) is 5.82 Å². The number of phenols is 1. The fourth-order valence-corrected chi connectivity index (χ4v) is 1.74. The molecule has 0 unspecified atom stereocenters. The quantitative estimate of drug-likeness (QED) is 0.776. The molecule has 1 amide bonds. The van der Waals surface area contributed by atoms with Gasteiger partial charge in [0.1, 0.15) is 11.6 Å².